The van der Waals surface area contributed by atoms with Crippen molar-refractivity contribution in [1.29, 1.82) is 5.26 Å². The number of nitrogens with one attached hydrogen (secondary N) is 1. The zero-order valence-electron chi connectivity index (χ0n) is 10.8. The molecule has 3 N–H and O–H groups in total. The number of aryl methyl sites for hydroxylation is 1. The first kappa shape index (κ1) is 13.6. The highest BCUT2D eigenvalue weighted by Crippen LogP contribution is 2.21. The molecule has 0 bridgehead atoms. The highest BCUT2D eigenvalue weighted by atomic mass is 16.5. The van der Waals surface area contributed by atoms with E-state index in [0.717, 1.165) is 5.56 Å². The van der Waals surface area contributed by atoms with Crippen LogP contribution in [0.2, 0.25) is 0 Å². The Morgan fingerprint density at radius 3 is 3.00 bits per heavy atom. The number of nitrogen functional groups attached to an aromatic ring is 1. The average molecular weight is 271 g/mol. The van der Waals surface area contributed by atoms with Crippen LogP contribution in [0.15, 0.2) is 34.9 Å². The number of ether oxygens (including phenoxy) is 1. The van der Waals surface area contributed by atoms with E-state index in [1.165, 1.54) is 6.26 Å². The van der Waals surface area contributed by atoms with Crippen LogP contribution in [0, 0.1) is 18.3 Å². The Labute approximate surface area is 115 Å². The van der Waals surface area contributed by atoms with Gasteiger partial charge in [-0.25, -0.2) is 5.84 Å². The van der Waals surface area contributed by atoms with E-state index in [1.54, 1.807) is 24.3 Å². The van der Waals surface area contributed by atoms with E-state index in [0.29, 0.717) is 16.9 Å². The van der Waals surface area contributed by atoms with Gasteiger partial charge in [0, 0.05) is 5.56 Å². The molecule has 0 aliphatic carbocycles. The van der Waals surface area contributed by atoms with Gasteiger partial charge >= 0.3 is 5.91 Å². The molecule has 0 saturated carbocycles. The number of rotatable bonds is 4. The maximum atomic E-state index is 11.4. The second kappa shape index (κ2) is 5.91. The predicted molar refractivity (Wildman–Crippen MR) is 70.6 cm³/mol. The Morgan fingerprint density at radius 2 is 2.30 bits per heavy atom. The van der Waals surface area contributed by atoms with Gasteiger partial charge in [-0.3, -0.25) is 10.2 Å². The Balaban J connectivity index is 2.15. The quantitative estimate of drug-likeness (QED) is 0.500. The fraction of sp³-hybridized carbons (Fsp3) is 0.143. The molecule has 1 heterocycles. The fourth-order valence-corrected chi connectivity index (χ4v) is 1.69. The number of hydrazine groups is 1. The van der Waals surface area contributed by atoms with Crippen molar-refractivity contribution in [3.63, 3.8) is 0 Å². The summed E-state index contributed by atoms with van der Waals surface area (Å²) in [6.45, 7) is 2.02. The van der Waals surface area contributed by atoms with Gasteiger partial charge < -0.3 is 9.15 Å². The van der Waals surface area contributed by atoms with Crippen LogP contribution in [0.3, 0.4) is 0 Å². The number of nitriles is 1. The SMILES string of the molecule is Cc1ccc(C#N)cc1OCc1ccoc1C(=O)NN. The second-order valence-electron chi connectivity index (χ2n) is 4.13. The van der Waals surface area contributed by atoms with Gasteiger partial charge in [-0.1, -0.05) is 6.07 Å². The Hall–Kier alpha value is -2.78. The van der Waals surface area contributed by atoms with Crippen LogP contribution in [0.5, 0.6) is 5.75 Å². The van der Waals surface area contributed by atoms with Crippen LogP contribution < -0.4 is 16.0 Å². The van der Waals surface area contributed by atoms with Crippen molar-refractivity contribution in [2.24, 2.45) is 5.84 Å². The number of benzene rings is 1. The summed E-state index contributed by atoms with van der Waals surface area (Å²) in [5, 5.41) is 8.87. The van der Waals surface area contributed by atoms with E-state index in [4.69, 9.17) is 20.3 Å². The summed E-state index contributed by atoms with van der Waals surface area (Å²) in [7, 11) is 0. The standard InChI is InChI=1S/C14H13N3O3/c1-9-2-3-10(7-15)6-12(9)20-8-11-4-5-19-13(11)14(18)17-16/h2-6H,8,16H2,1H3,(H,17,18). The van der Waals surface area contributed by atoms with Gasteiger partial charge in [-0.15, -0.1) is 0 Å². The summed E-state index contributed by atoms with van der Waals surface area (Å²) >= 11 is 0. The zero-order chi connectivity index (χ0) is 14.5. The van der Waals surface area contributed by atoms with E-state index < -0.39 is 5.91 Å². The van der Waals surface area contributed by atoms with Gasteiger partial charge in [0.05, 0.1) is 17.9 Å². The molecule has 0 spiro atoms. The second-order valence-corrected chi connectivity index (χ2v) is 4.13. The third-order valence-electron chi connectivity index (χ3n) is 2.78. The lowest BCUT2D eigenvalue weighted by atomic mass is 10.1. The van der Waals surface area contributed by atoms with Crippen LogP contribution in [-0.2, 0) is 6.61 Å². The fourth-order valence-electron chi connectivity index (χ4n) is 1.69. The van der Waals surface area contributed by atoms with E-state index in [-0.39, 0.29) is 12.4 Å². The number of carbonyl (C=O) groups is 1. The number of hydrogen-bond acceptors (Lipinski definition) is 5. The number of amides is 1. The molecule has 6 nitrogen and oxygen atoms in total. The smallest absolute Gasteiger partial charge is 0.301 e. The monoisotopic (exact) mass is 271 g/mol. The van der Waals surface area contributed by atoms with Crippen molar-refractivity contribution in [3.8, 4) is 11.8 Å². The molecule has 6 heteroatoms. The maximum Gasteiger partial charge on any atom is 0.301 e. The largest absolute Gasteiger partial charge is 0.488 e. The number of hydrogen-bond donors (Lipinski definition) is 2. The molecule has 0 fully saturated rings. The van der Waals surface area contributed by atoms with Gasteiger partial charge in [-0.2, -0.15) is 5.26 Å². The minimum atomic E-state index is -0.518. The molecular formula is C14H13N3O3. The third-order valence-corrected chi connectivity index (χ3v) is 2.78. The van der Waals surface area contributed by atoms with Gasteiger partial charge in [-0.05, 0) is 30.7 Å². The molecule has 1 aromatic heterocycles. The van der Waals surface area contributed by atoms with Crippen molar-refractivity contribution >= 4 is 5.91 Å². The number of nitrogens with two attached hydrogens (primary N) is 1. The summed E-state index contributed by atoms with van der Waals surface area (Å²) in [4.78, 5) is 11.4. The lowest BCUT2D eigenvalue weighted by Gasteiger charge is -2.09. The van der Waals surface area contributed by atoms with Crippen LogP contribution in [0.4, 0.5) is 0 Å². The molecule has 0 radical (unpaired) electrons. The molecule has 0 atom stereocenters. The first-order valence-electron chi connectivity index (χ1n) is 5.86. The summed E-state index contributed by atoms with van der Waals surface area (Å²) in [5.74, 6) is 5.25. The van der Waals surface area contributed by atoms with Gasteiger partial charge in [0.1, 0.15) is 12.4 Å². The average Bonchev–Trinajstić information content (AvgIpc) is 2.94. The predicted octanol–water partition coefficient (Wildman–Crippen LogP) is 1.64. The minimum absolute atomic E-state index is 0.113. The molecule has 1 aromatic carbocycles. The molecule has 1 amide bonds. The van der Waals surface area contributed by atoms with Crippen LogP contribution in [0.25, 0.3) is 0 Å². The molecule has 102 valence electrons. The zero-order valence-corrected chi connectivity index (χ0v) is 10.8. The lowest BCUT2D eigenvalue weighted by molar-refractivity contribution is 0.0922. The van der Waals surface area contributed by atoms with Crippen molar-refractivity contribution < 1.29 is 13.9 Å². The molecule has 0 aliphatic heterocycles. The summed E-state index contributed by atoms with van der Waals surface area (Å²) in [5.41, 5.74) is 3.99. The van der Waals surface area contributed by atoms with E-state index in [2.05, 4.69) is 0 Å². The Morgan fingerprint density at radius 1 is 1.50 bits per heavy atom. The van der Waals surface area contributed by atoms with Gasteiger partial charge in [0.25, 0.3) is 0 Å². The van der Waals surface area contributed by atoms with Crippen LogP contribution in [-0.4, -0.2) is 5.91 Å². The normalized spacial score (nSPS) is 9.85. The molecular weight excluding hydrogens is 258 g/mol. The molecule has 20 heavy (non-hydrogen) atoms. The molecule has 0 aliphatic rings. The Bertz CT molecular complexity index is 671. The minimum Gasteiger partial charge on any atom is -0.488 e. The van der Waals surface area contributed by atoms with Crippen LogP contribution >= 0.6 is 0 Å². The number of furan rings is 1. The lowest BCUT2D eigenvalue weighted by Crippen LogP contribution is -2.30. The van der Waals surface area contributed by atoms with Gasteiger partial charge in [0.2, 0.25) is 0 Å². The summed E-state index contributed by atoms with van der Waals surface area (Å²) in [6.07, 6.45) is 1.39. The maximum absolute atomic E-state index is 11.4. The summed E-state index contributed by atoms with van der Waals surface area (Å²) < 4.78 is 10.7. The van der Waals surface area contributed by atoms with Crippen LogP contribution in [0.1, 0.15) is 27.2 Å². The van der Waals surface area contributed by atoms with Crippen molar-refractivity contribution in [3.05, 3.63) is 53.0 Å². The Kier molecular flexibility index (Phi) is 4.03. The first-order chi connectivity index (χ1) is 9.65. The van der Waals surface area contributed by atoms with Crippen molar-refractivity contribution in [2.45, 2.75) is 13.5 Å². The molecule has 0 unspecified atom stereocenters. The summed E-state index contributed by atoms with van der Waals surface area (Å²) in [6, 6.07) is 8.85. The molecule has 0 saturated heterocycles. The van der Waals surface area contributed by atoms with E-state index in [1.807, 2.05) is 18.4 Å². The topological polar surface area (TPSA) is 101 Å². The molecule has 2 aromatic rings. The highest BCUT2D eigenvalue weighted by molar-refractivity contribution is 5.92. The number of nitrogens with zero attached hydrogens (tertiary/aromatic N) is 1. The van der Waals surface area contributed by atoms with Crippen molar-refractivity contribution in [1.82, 2.24) is 5.43 Å². The first-order valence-corrected chi connectivity index (χ1v) is 5.86. The number of carbonyl (C=O) groups excluding carboxylic acids is 1. The molecule has 2 rings (SSSR count). The third kappa shape index (κ3) is 2.79. The van der Waals surface area contributed by atoms with Gasteiger partial charge in [0.15, 0.2) is 5.76 Å². The van der Waals surface area contributed by atoms with E-state index in [9.17, 15) is 4.79 Å². The van der Waals surface area contributed by atoms with E-state index >= 15 is 0 Å². The van der Waals surface area contributed by atoms with Crippen molar-refractivity contribution in [2.75, 3.05) is 0 Å². The highest BCUT2D eigenvalue weighted by Gasteiger charge is 2.15.